The Bertz CT molecular complexity index is 764. The third kappa shape index (κ3) is 5.16. The van der Waals surface area contributed by atoms with Gasteiger partial charge in [0.2, 0.25) is 0 Å². The van der Waals surface area contributed by atoms with E-state index in [0.29, 0.717) is 21.5 Å². The lowest BCUT2D eigenvalue weighted by Crippen LogP contribution is -2.29. The number of alkyl halides is 1. The second kappa shape index (κ2) is 7.80. The Morgan fingerprint density at radius 1 is 0.917 bits per heavy atom. The first-order valence-electron chi connectivity index (χ1n) is 6.85. The topological polar surface area (TPSA) is 52.6 Å². The highest BCUT2D eigenvalue weighted by atomic mass is 79.9. The number of benzene rings is 2. The molecule has 0 fully saturated rings. The molecule has 4 nitrogen and oxygen atoms in total. The van der Waals surface area contributed by atoms with E-state index in [1.807, 2.05) is 6.07 Å². The van der Waals surface area contributed by atoms with Crippen LogP contribution in [-0.4, -0.2) is 16.3 Å². The Hall–Kier alpha value is -1.18. The van der Waals surface area contributed by atoms with E-state index < -0.39 is 16.3 Å². The van der Waals surface area contributed by atoms with Gasteiger partial charge in [0.15, 0.2) is 0 Å². The van der Waals surface area contributed by atoms with Crippen LogP contribution >= 0.6 is 47.8 Å². The fourth-order valence-electron chi connectivity index (χ4n) is 1.62. The SMILES string of the molecule is CC(C)(Br)C(=O)Oc1ccc(OC(=O)c2cc(Br)ccc2Br)cc1. The Labute approximate surface area is 164 Å². The number of hydrogen-bond acceptors (Lipinski definition) is 4. The van der Waals surface area contributed by atoms with E-state index in [1.165, 1.54) is 0 Å². The van der Waals surface area contributed by atoms with E-state index in [2.05, 4.69) is 47.8 Å². The largest absolute Gasteiger partial charge is 0.426 e. The maximum atomic E-state index is 12.2. The van der Waals surface area contributed by atoms with Crippen LogP contribution in [0.2, 0.25) is 0 Å². The van der Waals surface area contributed by atoms with Crippen molar-refractivity contribution in [2.24, 2.45) is 0 Å². The van der Waals surface area contributed by atoms with Crippen molar-refractivity contribution >= 4 is 59.7 Å². The maximum absolute atomic E-state index is 12.2. The second-order valence-electron chi connectivity index (χ2n) is 5.35. The molecule has 2 aromatic carbocycles. The maximum Gasteiger partial charge on any atom is 0.344 e. The molecule has 0 aromatic heterocycles. The Kier molecular flexibility index (Phi) is 6.22. The molecule has 126 valence electrons. The molecule has 0 saturated heterocycles. The summed E-state index contributed by atoms with van der Waals surface area (Å²) in [5, 5.41) is 0. The zero-order chi connectivity index (χ0) is 17.9. The molecule has 7 heteroatoms. The van der Waals surface area contributed by atoms with E-state index in [1.54, 1.807) is 50.2 Å². The van der Waals surface area contributed by atoms with Crippen molar-refractivity contribution in [3.63, 3.8) is 0 Å². The average Bonchev–Trinajstić information content (AvgIpc) is 2.50. The third-order valence-corrected chi connectivity index (χ3v) is 4.39. The normalized spacial score (nSPS) is 11.0. The molecule has 0 atom stereocenters. The fraction of sp³-hybridized carbons (Fsp3) is 0.176. The van der Waals surface area contributed by atoms with Gasteiger partial charge in [-0.3, -0.25) is 4.79 Å². The first-order valence-corrected chi connectivity index (χ1v) is 9.23. The van der Waals surface area contributed by atoms with Crippen LogP contribution in [0.4, 0.5) is 0 Å². The van der Waals surface area contributed by atoms with Crippen molar-refractivity contribution in [3.05, 3.63) is 57.0 Å². The zero-order valence-corrected chi connectivity index (χ0v) is 17.6. The van der Waals surface area contributed by atoms with Gasteiger partial charge in [-0.1, -0.05) is 31.9 Å². The summed E-state index contributed by atoms with van der Waals surface area (Å²) in [4.78, 5) is 24.0. The predicted octanol–water partition coefficient (Wildman–Crippen LogP) is 5.51. The number of esters is 2. The summed E-state index contributed by atoms with van der Waals surface area (Å²) in [6.45, 7) is 3.39. The number of carbonyl (C=O) groups excluding carboxylic acids is 2. The van der Waals surface area contributed by atoms with E-state index in [4.69, 9.17) is 9.47 Å². The molecule has 0 radical (unpaired) electrons. The van der Waals surface area contributed by atoms with Gasteiger partial charge in [-0.2, -0.15) is 0 Å². The molecule has 0 aliphatic heterocycles. The molecule has 0 saturated carbocycles. The molecule has 0 heterocycles. The van der Waals surface area contributed by atoms with E-state index in [-0.39, 0.29) is 0 Å². The second-order valence-corrected chi connectivity index (χ2v) is 9.10. The lowest BCUT2D eigenvalue weighted by Gasteiger charge is -2.14. The summed E-state index contributed by atoms with van der Waals surface area (Å²) in [7, 11) is 0. The highest BCUT2D eigenvalue weighted by Gasteiger charge is 2.26. The summed E-state index contributed by atoms with van der Waals surface area (Å²) >= 11 is 9.87. The molecule has 0 N–H and O–H groups in total. The van der Waals surface area contributed by atoms with Gasteiger partial charge in [-0.05, 0) is 72.2 Å². The number of carbonyl (C=O) groups is 2. The summed E-state index contributed by atoms with van der Waals surface area (Å²) in [5.74, 6) is -0.180. The molecule has 0 amide bonds. The van der Waals surface area contributed by atoms with Crippen LogP contribution in [0.3, 0.4) is 0 Å². The Morgan fingerprint density at radius 2 is 1.46 bits per heavy atom. The molecule has 2 aromatic rings. The van der Waals surface area contributed by atoms with Gasteiger partial charge in [0.25, 0.3) is 0 Å². The highest BCUT2D eigenvalue weighted by molar-refractivity contribution is 9.11. The summed E-state index contributed by atoms with van der Waals surface area (Å²) in [6, 6.07) is 11.5. The van der Waals surface area contributed by atoms with Gasteiger partial charge in [-0.15, -0.1) is 0 Å². The van der Waals surface area contributed by atoms with Gasteiger partial charge in [-0.25, -0.2) is 4.79 Å². The molecule has 0 bridgehead atoms. The molecule has 0 aliphatic rings. The number of halogens is 3. The molecule has 24 heavy (non-hydrogen) atoms. The lowest BCUT2D eigenvalue weighted by molar-refractivity contribution is -0.136. The number of hydrogen-bond donors (Lipinski definition) is 0. The van der Waals surface area contributed by atoms with Gasteiger partial charge < -0.3 is 9.47 Å². The van der Waals surface area contributed by atoms with Crippen LogP contribution in [0.15, 0.2) is 51.4 Å². The van der Waals surface area contributed by atoms with Crippen molar-refractivity contribution in [3.8, 4) is 11.5 Å². The monoisotopic (exact) mass is 518 g/mol. The fourth-order valence-corrected chi connectivity index (χ4v) is 2.47. The zero-order valence-electron chi connectivity index (χ0n) is 12.8. The molecule has 0 unspecified atom stereocenters. The Morgan fingerprint density at radius 3 is 2.00 bits per heavy atom. The smallest absolute Gasteiger partial charge is 0.344 e. The third-order valence-electron chi connectivity index (χ3n) is 2.88. The van der Waals surface area contributed by atoms with E-state index in [9.17, 15) is 9.59 Å². The molecule has 0 aliphatic carbocycles. The van der Waals surface area contributed by atoms with Crippen LogP contribution in [0.25, 0.3) is 0 Å². The first-order chi connectivity index (χ1) is 11.2. The van der Waals surface area contributed by atoms with Crippen molar-refractivity contribution < 1.29 is 19.1 Å². The lowest BCUT2D eigenvalue weighted by atomic mass is 10.2. The minimum absolute atomic E-state index is 0.352. The highest BCUT2D eigenvalue weighted by Crippen LogP contribution is 2.25. The van der Waals surface area contributed by atoms with Crippen LogP contribution < -0.4 is 9.47 Å². The Balaban J connectivity index is 2.07. The van der Waals surface area contributed by atoms with Crippen molar-refractivity contribution in [1.29, 1.82) is 0 Å². The van der Waals surface area contributed by atoms with Crippen molar-refractivity contribution in [2.45, 2.75) is 18.2 Å². The first kappa shape index (κ1) is 19.1. The molecule has 0 spiro atoms. The predicted molar refractivity (Wildman–Crippen MR) is 102 cm³/mol. The van der Waals surface area contributed by atoms with Gasteiger partial charge >= 0.3 is 11.9 Å². The standard InChI is InChI=1S/C17H13Br3O4/c1-17(2,20)16(22)24-12-6-4-11(5-7-12)23-15(21)13-9-10(18)3-8-14(13)19/h3-9H,1-2H3. The molecular formula is C17H13Br3O4. The quantitative estimate of drug-likeness (QED) is 0.303. The van der Waals surface area contributed by atoms with Crippen molar-refractivity contribution in [2.75, 3.05) is 0 Å². The van der Waals surface area contributed by atoms with Gasteiger partial charge in [0, 0.05) is 8.95 Å². The van der Waals surface area contributed by atoms with Gasteiger partial charge in [0.1, 0.15) is 15.8 Å². The average molecular weight is 521 g/mol. The number of ether oxygens (including phenoxy) is 2. The van der Waals surface area contributed by atoms with E-state index >= 15 is 0 Å². The minimum atomic E-state index is -0.773. The summed E-state index contributed by atoms with van der Waals surface area (Å²) in [6.07, 6.45) is 0. The molecule has 2 rings (SSSR count). The van der Waals surface area contributed by atoms with Crippen LogP contribution in [0, 0.1) is 0 Å². The van der Waals surface area contributed by atoms with Gasteiger partial charge in [0.05, 0.1) is 5.56 Å². The summed E-state index contributed by atoms with van der Waals surface area (Å²) in [5.41, 5.74) is 0.404. The summed E-state index contributed by atoms with van der Waals surface area (Å²) < 4.78 is 11.2. The van der Waals surface area contributed by atoms with Crippen molar-refractivity contribution in [1.82, 2.24) is 0 Å². The minimum Gasteiger partial charge on any atom is -0.426 e. The van der Waals surface area contributed by atoms with Crippen LogP contribution in [0.5, 0.6) is 11.5 Å². The molecular weight excluding hydrogens is 508 g/mol. The number of rotatable bonds is 4. The van der Waals surface area contributed by atoms with E-state index in [0.717, 1.165) is 4.47 Å². The van der Waals surface area contributed by atoms with Crippen LogP contribution in [0.1, 0.15) is 24.2 Å². The van der Waals surface area contributed by atoms with Crippen LogP contribution in [-0.2, 0) is 4.79 Å².